The van der Waals surface area contributed by atoms with Crippen LogP contribution >= 0.6 is 0 Å². The lowest BCUT2D eigenvalue weighted by Crippen LogP contribution is -2.44. The molecule has 0 aliphatic rings. The van der Waals surface area contributed by atoms with Gasteiger partial charge in [-0.15, -0.1) is 0 Å². The number of amides is 2. The lowest BCUT2D eigenvalue weighted by molar-refractivity contribution is 0.0649. The van der Waals surface area contributed by atoms with Crippen LogP contribution in [0.15, 0.2) is 43.0 Å². The van der Waals surface area contributed by atoms with Crippen molar-refractivity contribution in [1.82, 2.24) is 20.2 Å². The molecule has 0 fully saturated rings. The van der Waals surface area contributed by atoms with Gasteiger partial charge in [-0.05, 0) is 30.0 Å². The third-order valence-electron chi connectivity index (χ3n) is 4.00. The molecule has 130 valence electrons. The first kappa shape index (κ1) is 18.0. The second-order valence-electron chi connectivity index (χ2n) is 7.02. The zero-order chi connectivity index (χ0) is 17.7. The SMILES string of the molecule is CC(NC(=O)NCC(O)C(C)(C)C)c1ccc(-n2ccnc2)cc1. The topological polar surface area (TPSA) is 79.2 Å². The van der Waals surface area contributed by atoms with Crippen LogP contribution in [0.3, 0.4) is 0 Å². The maximum absolute atomic E-state index is 12.0. The summed E-state index contributed by atoms with van der Waals surface area (Å²) in [5.41, 5.74) is 1.76. The van der Waals surface area contributed by atoms with Gasteiger partial charge in [-0.25, -0.2) is 9.78 Å². The molecule has 1 aromatic heterocycles. The summed E-state index contributed by atoms with van der Waals surface area (Å²) in [6, 6.07) is 7.50. The molecule has 0 saturated heterocycles. The summed E-state index contributed by atoms with van der Waals surface area (Å²) in [7, 11) is 0. The van der Waals surface area contributed by atoms with E-state index in [9.17, 15) is 9.90 Å². The standard InChI is InChI=1S/C18H26N4O2/c1-13(21-17(24)20-11-16(23)18(2,3)4)14-5-7-15(8-6-14)22-10-9-19-12-22/h5-10,12-13,16,23H,11H2,1-4H3,(H2,20,21,24). The van der Waals surface area contributed by atoms with E-state index in [1.165, 1.54) is 0 Å². The second kappa shape index (κ2) is 7.49. The number of imidazole rings is 1. The molecule has 0 spiro atoms. The largest absolute Gasteiger partial charge is 0.391 e. The Labute approximate surface area is 142 Å². The van der Waals surface area contributed by atoms with E-state index in [1.54, 1.807) is 12.5 Å². The highest BCUT2D eigenvalue weighted by Gasteiger charge is 2.22. The summed E-state index contributed by atoms with van der Waals surface area (Å²) in [5.74, 6) is 0. The Morgan fingerprint density at radius 3 is 2.50 bits per heavy atom. The number of aromatic nitrogens is 2. The summed E-state index contributed by atoms with van der Waals surface area (Å²) >= 11 is 0. The molecule has 1 aromatic carbocycles. The molecule has 0 aliphatic heterocycles. The predicted octanol–water partition coefficient (Wildman–Crippen LogP) is 2.64. The van der Waals surface area contributed by atoms with Crippen LogP contribution in [-0.4, -0.2) is 33.3 Å². The molecular weight excluding hydrogens is 304 g/mol. The van der Waals surface area contributed by atoms with Crippen molar-refractivity contribution >= 4 is 6.03 Å². The van der Waals surface area contributed by atoms with Gasteiger partial charge >= 0.3 is 6.03 Å². The van der Waals surface area contributed by atoms with E-state index in [4.69, 9.17) is 0 Å². The Morgan fingerprint density at radius 1 is 1.29 bits per heavy atom. The van der Waals surface area contributed by atoms with Gasteiger partial charge in [-0.3, -0.25) is 0 Å². The van der Waals surface area contributed by atoms with Crippen molar-refractivity contribution < 1.29 is 9.90 Å². The minimum atomic E-state index is -0.590. The van der Waals surface area contributed by atoms with E-state index in [2.05, 4.69) is 15.6 Å². The molecule has 6 heteroatoms. The van der Waals surface area contributed by atoms with Gasteiger partial charge in [-0.1, -0.05) is 32.9 Å². The maximum Gasteiger partial charge on any atom is 0.315 e. The quantitative estimate of drug-likeness (QED) is 0.788. The van der Waals surface area contributed by atoms with Crippen molar-refractivity contribution in [2.45, 2.75) is 39.8 Å². The summed E-state index contributed by atoms with van der Waals surface area (Å²) in [6.45, 7) is 7.94. The van der Waals surface area contributed by atoms with Gasteiger partial charge < -0.3 is 20.3 Å². The lowest BCUT2D eigenvalue weighted by atomic mass is 9.89. The highest BCUT2D eigenvalue weighted by Crippen LogP contribution is 2.18. The summed E-state index contributed by atoms with van der Waals surface area (Å²) < 4.78 is 1.92. The first-order valence-corrected chi connectivity index (χ1v) is 8.08. The van der Waals surface area contributed by atoms with E-state index < -0.39 is 6.10 Å². The van der Waals surface area contributed by atoms with Crippen molar-refractivity contribution in [3.8, 4) is 5.69 Å². The first-order chi connectivity index (χ1) is 11.3. The molecule has 2 unspecified atom stereocenters. The van der Waals surface area contributed by atoms with Crippen LogP contribution in [0.25, 0.3) is 5.69 Å². The number of hydrogen-bond acceptors (Lipinski definition) is 3. The molecule has 0 aliphatic carbocycles. The Kier molecular flexibility index (Phi) is 5.62. The van der Waals surface area contributed by atoms with Crippen LogP contribution in [0.1, 0.15) is 39.3 Å². The molecule has 0 radical (unpaired) electrons. The Balaban J connectivity index is 1.87. The van der Waals surface area contributed by atoms with Crippen LogP contribution in [0.4, 0.5) is 4.79 Å². The van der Waals surface area contributed by atoms with E-state index in [1.807, 2.05) is 62.7 Å². The van der Waals surface area contributed by atoms with Gasteiger partial charge in [0.2, 0.25) is 0 Å². The predicted molar refractivity (Wildman–Crippen MR) is 94.0 cm³/mol. The normalized spacial score (nSPS) is 14.0. The van der Waals surface area contributed by atoms with Crippen LogP contribution in [0.5, 0.6) is 0 Å². The molecular formula is C18H26N4O2. The molecule has 1 heterocycles. The second-order valence-corrected chi connectivity index (χ2v) is 7.02. The highest BCUT2D eigenvalue weighted by atomic mass is 16.3. The summed E-state index contributed by atoms with van der Waals surface area (Å²) in [5, 5.41) is 15.5. The third kappa shape index (κ3) is 4.83. The fraction of sp³-hybridized carbons (Fsp3) is 0.444. The fourth-order valence-electron chi connectivity index (χ4n) is 2.17. The van der Waals surface area contributed by atoms with Crippen LogP contribution in [-0.2, 0) is 0 Å². The fourth-order valence-corrected chi connectivity index (χ4v) is 2.17. The summed E-state index contributed by atoms with van der Waals surface area (Å²) in [4.78, 5) is 16.0. The monoisotopic (exact) mass is 330 g/mol. The van der Waals surface area contributed by atoms with E-state index >= 15 is 0 Å². The number of carbonyl (C=O) groups excluding carboxylic acids is 1. The number of rotatable bonds is 5. The van der Waals surface area contributed by atoms with Crippen molar-refractivity contribution in [1.29, 1.82) is 0 Å². The number of urea groups is 1. The van der Waals surface area contributed by atoms with E-state index in [0.29, 0.717) is 0 Å². The molecule has 2 aromatic rings. The number of nitrogens with zero attached hydrogens (tertiary/aromatic N) is 2. The van der Waals surface area contributed by atoms with Crippen molar-refractivity contribution in [2.24, 2.45) is 5.41 Å². The Morgan fingerprint density at radius 2 is 1.96 bits per heavy atom. The zero-order valence-electron chi connectivity index (χ0n) is 14.7. The number of nitrogens with one attached hydrogen (secondary N) is 2. The zero-order valence-corrected chi connectivity index (χ0v) is 14.7. The minimum Gasteiger partial charge on any atom is -0.391 e. The van der Waals surface area contributed by atoms with Crippen molar-refractivity contribution in [2.75, 3.05) is 6.54 Å². The molecule has 2 atom stereocenters. The Bertz CT molecular complexity index is 645. The van der Waals surface area contributed by atoms with Gasteiger partial charge in [0.15, 0.2) is 0 Å². The molecule has 2 rings (SSSR count). The van der Waals surface area contributed by atoms with Crippen LogP contribution < -0.4 is 10.6 Å². The van der Waals surface area contributed by atoms with Gasteiger partial charge in [0.1, 0.15) is 0 Å². The average Bonchev–Trinajstić information content (AvgIpc) is 3.06. The number of carbonyl (C=O) groups is 1. The van der Waals surface area contributed by atoms with Gasteiger partial charge in [0.05, 0.1) is 18.5 Å². The molecule has 6 nitrogen and oxygen atoms in total. The molecule has 0 saturated carbocycles. The van der Waals surface area contributed by atoms with Gasteiger partial charge in [-0.2, -0.15) is 0 Å². The Hall–Kier alpha value is -2.34. The molecule has 2 amide bonds. The average molecular weight is 330 g/mol. The first-order valence-electron chi connectivity index (χ1n) is 8.08. The van der Waals surface area contributed by atoms with Crippen LogP contribution in [0.2, 0.25) is 0 Å². The molecule has 24 heavy (non-hydrogen) atoms. The van der Waals surface area contributed by atoms with E-state index in [-0.39, 0.29) is 24.0 Å². The van der Waals surface area contributed by atoms with Gasteiger partial charge in [0.25, 0.3) is 0 Å². The lowest BCUT2D eigenvalue weighted by Gasteiger charge is -2.26. The van der Waals surface area contributed by atoms with Crippen molar-refractivity contribution in [3.05, 3.63) is 48.5 Å². The number of aliphatic hydroxyl groups is 1. The third-order valence-corrected chi connectivity index (χ3v) is 4.00. The van der Waals surface area contributed by atoms with E-state index in [0.717, 1.165) is 11.3 Å². The number of aliphatic hydroxyl groups excluding tert-OH is 1. The van der Waals surface area contributed by atoms with Crippen molar-refractivity contribution in [3.63, 3.8) is 0 Å². The number of hydrogen-bond donors (Lipinski definition) is 3. The minimum absolute atomic E-state index is 0.131. The maximum atomic E-state index is 12.0. The smallest absolute Gasteiger partial charge is 0.315 e. The molecule has 3 N–H and O–H groups in total. The summed E-state index contributed by atoms with van der Waals surface area (Å²) in [6.07, 6.45) is 4.76. The number of benzene rings is 1. The highest BCUT2D eigenvalue weighted by molar-refractivity contribution is 5.74. The van der Waals surface area contributed by atoms with Crippen LogP contribution in [0, 0.1) is 5.41 Å². The van der Waals surface area contributed by atoms with Gasteiger partial charge in [0, 0.05) is 24.6 Å². The molecule has 0 bridgehead atoms.